The number of aromatic nitrogens is 1. The molecule has 3 aromatic rings. The van der Waals surface area contributed by atoms with Gasteiger partial charge in [0.1, 0.15) is 17.4 Å². The molecule has 3 rings (SSSR count). The van der Waals surface area contributed by atoms with Gasteiger partial charge in [-0.15, -0.1) is 0 Å². The average molecular weight is 319 g/mol. The number of ether oxygens (including phenoxy) is 1. The molecule has 0 radical (unpaired) electrons. The lowest BCUT2D eigenvalue weighted by atomic mass is 9.98. The minimum Gasteiger partial charge on any atom is -0.496 e. The lowest BCUT2D eigenvalue weighted by molar-refractivity contribution is 0.412. The van der Waals surface area contributed by atoms with E-state index in [0.29, 0.717) is 11.3 Å². The summed E-state index contributed by atoms with van der Waals surface area (Å²) in [6, 6.07) is 8.27. The number of nitriles is 1. The van der Waals surface area contributed by atoms with E-state index in [-0.39, 0.29) is 0 Å². The van der Waals surface area contributed by atoms with Gasteiger partial charge in [-0.2, -0.15) is 5.26 Å². The van der Waals surface area contributed by atoms with Crippen LogP contribution < -0.4 is 10.5 Å². The third-order valence-electron chi connectivity index (χ3n) is 4.77. The average Bonchev–Trinajstić information content (AvgIpc) is 2.80. The maximum atomic E-state index is 9.61. The van der Waals surface area contributed by atoms with Crippen LogP contribution in [-0.4, -0.2) is 11.5 Å². The second-order valence-corrected chi connectivity index (χ2v) is 6.23. The number of hydrogen-bond donors (Lipinski definition) is 1. The van der Waals surface area contributed by atoms with E-state index in [2.05, 4.69) is 19.2 Å². The predicted molar refractivity (Wildman–Crippen MR) is 97.5 cm³/mol. The summed E-state index contributed by atoms with van der Waals surface area (Å²) in [7, 11) is 1.66. The summed E-state index contributed by atoms with van der Waals surface area (Å²) in [5.41, 5.74) is 14.6. The van der Waals surface area contributed by atoms with Crippen molar-refractivity contribution < 1.29 is 4.74 Å². The molecule has 4 nitrogen and oxygen atoms in total. The summed E-state index contributed by atoms with van der Waals surface area (Å²) in [4.78, 5) is 0. The number of rotatable bonds is 2. The number of benzene rings is 1. The van der Waals surface area contributed by atoms with Crippen molar-refractivity contribution in [1.29, 1.82) is 5.26 Å². The summed E-state index contributed by atoms with van der Waals surface area (Å²) in [5, 5.41) is 9.61. The van der Waals surface area contributed by atoms with Gasteiger partial charge in [-0.05, 0) is 56.5 Å². The quantitative estimate of drug-likeness (QED) is 0.766. The fourth-order valence-corrected chi connectivity index (χ4v) is 3.30. The number of fused-ring (bicyclic) bond motifs is 1. The molecule has 122 valence electrons. The van der Waals surface area contributed by atoms with Gasteiger partial charge < -0.3 is 14.9 Å². The van der Waals surface area contributed by atoms with Crippen LogP contribution in [0.15, 0.2) is 24.4 Å². The highest BCUT2D eigenvalue weighted by atomic mass is 16.5. The lowest BCUT2D eigenvalue weighted by Crippen LogP contribution is -1.99. The second kappa shape index (κ2) is 5.61. The molecule has 24 heavy (non-hydrogen) atoms. The van der Waals surface area contributed by atoms with Gasteiger partial charge in [0.2, 0.25) is 0 Å². The van der Waals surface area contributed by atoms with Crippen molar-refractivity contribution in [2.45, 2.75) is 27.7 Å². The largest absolute Gasteiger partial charge is 0.496 e. The number of pyridine rings is 1. The first-order chi connectivity index (χ1) is 11.4. The van der Waals surface area contributed by atoms with Crippen molar-refractivity contribution >= 4 is 11.2 Å². The van der Waals surface area contributed by atoms with Gasteiger partial charge in [0, 0.05) is 17.3 Å². The van der Waals surface area contributed by atoms with E-state index >= 15 is 0 Å². The van der Waals surface area contributed by atoms with Gasteiger partial charge in [-0.1, -0.05) is 6.07 Å². The fourth-order valence-electron chi connectivity index (χ4n) is 3.30. The van der Waals surface area contributed by atoms with Crippen molar-refractivity contribution in [3.05, 3.63) is 52.2 Å². The van der Waals surface area contributed by atoms with E-state index in [4.69, 9.17) is 10.5 Å². The zero-order valence-electron chi connectivity index (χ0n) is 14.7. The first-order valence-corrected chi connectivity index (χ1v) is 7.86. The Kier molecular flexibility index (Phi) is 3.73. The molecule has 4 heteroatoms. The first kappa shape index (κ1) is 15.9. The van der Waals surface area contributed by atoms with Crippen LogP contribution in [0.25, 0.3) is 16.8 Å². The third kappa shape index (κ3) is 2.13. The van der Waals surface area contributed by atoms with Gasteiger partial charge in [-0.3, -0.25) is 0 Å². The SMILES string of the molecule is COc1ccc(C)c(-c2c(N)c(C#N)c3cc(C)c(C)cn23)c1C. The van der Waals surface area contributed by atoms with Crippen LogP contribution >= 0.6 is 0 Å². The number of hydrogen-bond acceptors (Lipinski definition) is 3. The molecule has 2 N–H and O–H groups in total. The molecule has 0 aliphatic carbocycles. The standard InChI is InChI=1S/C20H21N3O/c1-11-6-7-17(24-5)14(4)18(11)20-19(22)15(9-21)16-8-12(2)13(3)10-23(16)20/h6-8,10H,22H2,1-5H3. The van der Waals surface area contributed by atoms with Crippen LogP contribution in [0.5, 0.6) is 5.75 Å². The summed E-state index contributed by atoms with van der Waals surface area (Å²) < 4.78 is 7.51. The number of aryl methyl sites for hydroxylation is 3. The van der Waals surface area contributed by atoms with Crippen LogP contribution in [0.3, 0.4) is 0 Å². The molecule has 2 aromatic heterocycles. The van der Waals surface area contributed by atoms with Gasteiger partial charge >= 0.3 is 0 Å². The Morgan fingerprint density at radius 3 is 2.42 bits per heavy atom. The normalized spacial score (nSPS) is 10.8. The molecular weight excluding hydrogens is 298 g/mol. The van der Waals surface area contributed by atoms with Crippen molar-refractivity contribution in [3.8, 4) is 23.1 Å². The first-order valence-electron chi connectivity index (χ1n) is 7.86. The Balaban J connectivity index is 2.51. The van der Waals surface area contributed by atoms with Gasteiger partial charge in [0.15, 0.2) is 0 Å². The Morgan fingerprint density at radius 2 is 1.79 bits per heavy atom. The summed E-state index contributed by atoms with van der Waals surface area (Å²) in [5.74, 6) is 0.812. The minimum absolute atomic E-state index is 0.516. The number of nitrogens with zero attached hydrogens (tertiary/aromatic N) is 2. The summed E-state index contributed by atoms with van der Waals surface area (Å²) in [6.07, 6.45) is 2.05. The third-order valence-corrected chi connectivity index (χ3v) is 4.77. The molecule has 0 fully saturated rings. The highest BCUT2D eigenvalue weighted by Crippen LogP contribution is 2.40. The van der Waals surface area contributed by atoms with E-state index in [9.17, 15) is 5.26 Å². The van der Waals surface area contributed by atoms with Crippen LogP contribution in [0.1, 0.15) is 27.8 Å². The van der Waals surface area contributed by atoms with Crippen molar-refractivity contribution in [1.82, 2.24) is 4.40 Å². The van der Waals surface area contributed by atoms with Crippen LogP contribution in [-0.2, 0) is 0 Å². The molecule has 0 atom stereocenters. The van der Waals surface area contributed by atoms with Crippen molar-refractivity contribution in [2.75, 3.05) is 12.8 Å². The Morgan fingerprint density at radius 1 is 1.08 bits per heavy atom. The van der Waals surface area contributed by atoms with Crippen LogP contribution in [0.4, 0.5) is 5.69 Å². The van der Waals surface area contributed by atoms with Gasteiger partial charge in [0.05, 0.1) is 24.0 Å². The maximum absolute atomic E-state index is 9.61. The molecule has 0 bridgehead atoms. The molecule has 0 saturated carbocycles. The summed E-state index contributed by atoms with van der Waals surface area (Å²) in [6.45, 7) is 8.17. The monoisotopic (exact) mass is 319 g/mol. The molecule has 0 unspecified atom stereocenters. The van der Waals surface area contributed by atoms with E-state index in [1.54, 1.807) is 7.11 Å². The topological polar surface area (TPSA) is 63.5 Å². The highest BCUT2D eigenvalue weighted by Gasteiger charge is 2.22. The van der Waals surface area contributed by atoms with Crippen molar-refractivity contribution in [3.63, 3.8) is 0 Å². The zero-order chi connectivity index (χ0) is 17.6. The molecular formula is C20H21N3O. The smallest absolute Gasteiger partial charge is 0.122 e. The van der Waals surface area contributed by atoms with E-state index in [1.807, 2.05) is 43.4 Å². The van der Waals surface area contributed by atoms with Crippen LogP contribution in [0, 0.1) is 39.0 Å². The van der Waals surface area contributed by atoms with E-state index in [0.717, 1.165) is 44.8 Å². The molecule has 1 aromatic carbocycles. The van der Waals surface area contributed by atoms with E-state index < -0.39 is 0 Å². The Labute approximate surface area is 142 Å². The Bertz CT molecular complexity index is 1010. The molecule has 2 heterocycles. The van der Waals surface area contributed by atoms with Gasteiger partial charge in [0.25, 0.3) is 0 Å². The maximum Gasteiger partial charge on any atom is 0.122 e. The lowest BCUT2D eigenvalue weighted by Gasteiger charge is -2.15. The molecule has 0 spiro atoms. The molecule has 0 saturated heterocycles. The highest BCUT2D eigenvalue weighted by molar-refractivity contribution is 5.90. The number of nitrogens with two attached hydrogens (primary N) is 1. The number of anilines is 1. The molecule has 0 aliphatic heterocycles. The molecule has 0 aliphatic rings. The molecule has 0 amide bonds. The number of nitrogen functional groups attached to an aromatic ring is 1. The second-order valence-electron chi connectivity index (χ2n) is 6.23. The zero-order valence-corrected chi connectivity index (χ0v) is 14.7. The number of methoxy groups -OCH3 is 1. The minimum atomic E-state index is 0.516. The van der Waals surface area contributed by atoms with Crippen molar-refractivity contribution in [2.24, 2.45) is 0 Å². The summed E-state index contributed by atoms with van der Waals surface area (Å²) >= 11 is 0. The van der Waals surface area contributed by atoms with Crippen LogP contribution in [0.2, 0.25) is 0 Å². The Hall–Kier alpha value is -2.93. The van der Waals surface area contributed by atoms with E-state index in [1.165, 1.54) is 0 Å². The van der Waals surface area contributed by atoms with Gasteiger partial charge in [-0.25, -0.2) is 0 Å². The fraction of sp³-hybridized carbons (Fsp3) is 0.250. The predicted octanol–water partition coefficient (Wildman–Crippen LogP) is 4.30.